The first-order valence-corrected chi connectivity index (χ1v) is 9.61. The van der Waals surface area contributed by atoms with E-state index in [0.717, 1.165) is 12.8 Å². The van der Waals surface area contributed by atoms with Gasteiger partial charge < -0.3 is 9.42 Å². The van der Waals surface area contributed by atoms with E-state index in [1.165, 1.54) is 12.1 Å². The van der Waals surface area contributed by atoms with Crippen LogP contribution in [0.4, 0.5) is 4.39 Å². The fourth-order valence-corrected chi connectivity index (χ4v) is 3.80. The summed E-state index contributed by atoms with van der Waals surface area (Å²) in [7, 11) is 0. The van der Waals surface area contributed by atoms with E-state index in [2.05, 4.69) is 10.1 Å². The summed E-state index contributed by atoms with van der Waals surface area (Å²) in [4.78, 5) is 19.1. The average molecular weight is 420 g/mol. The van der Waals surface area contributed by atoms with Crippen LogP contribution < -0.4 is 0 Å². The highest BCUT2D eigenvalue weighted by atomic mass is 35.5. The first kappa shape index (κ1) is 18.9. The van der Waals surface area contributed by atoms with Gasteiger partial charge in [0, 0.05) is 23.7 Å². The Labute approximate surface area is 171 Å². The first-order valence-electron chi connectivity index (χ1n) is 8.85. The van der Waals surface area contributed by atoms with Gasteiger partial charge in [-0.25, -0.2) is 4.39 Å². The van der Waals surface area contributed by atoms with E-state index < -0.39 is 0 Å². The zero-order chi connectivity index (χ0) is 19.7. The van der Waals surface area contributed by atoms with E-state index >= 15 is 0 Å². The summed E-state index contributed by atoms with van der Waals surface area (Å²) in [5.41, 5.74) is 1.09. The van der Waals surface area contributed by atoms with Gasteiger partial charge in [-0.05, 0) is 55.3 Å². The van der Waals surface area contributed by atoms with Crippen LogP contribution in [-0.4, -0.2) is 34.0 Å². The summed E-state index contributed by atoms with van der Waals surface area (Å²) in [6.45, 7) is 1.09. The molecule has 1 saturated heterocycles. The highest BCUT2D eigenvalue weighted by Crippen LogP contribution is 2.30. The molecular formula is C20H16Cl2FN3O2. The molecule has 1 unspecified atom stereocenters. The van der Waals surface area contributed by atoms with E-state index in [4.69, 9.17) is 27.7 Å². The third kappa shape index (κ3) is 3.88. The summed E-state index contributed by atoms with van der Waals surface area (Å²) in [5, 5.41) is 4.81. The third-order valence-electron chi connectivity index (χ3n) is 4.76. The lowest BCUT2D eigenvalue weighted by Crippen LogP contribution is -2.39. The quantitative estimate of drug-likeness (QED) is 0.584. The molecule has 1 aliphatic heterocycles. The normalized spacial score (nSPS) is 17.0. The van der Waals surface area contributed by atoms with Gasteiger partial charge in [-0.15, -0.1) is 0 Å². The van der Waals surface area contributed by atoms with Gasteiger partial charge in [-0.2, -0.15) is 4.98 Å². The summed E-state index contributed by atoms with van der Waals surface area (Å²) >= 11 is 12.1. The smallest absolute Gasteiger partial charge is 0.255 e. The van der Waals surface area contributed by atoms with Crippen molar-refractivity contribution < 1.29 is 13.7 Å². The zero-order valence-corrected chi connectivity index (χ0v) is 16.3. The van der Waals surface area contributed by atoms with Gasteiger partial charge in [0.05, 0.1) is 16.5 Å². The van der Waals surface area contributed by atoms with Gasteiger partial charge in [-0.1, -0.05) is 28.4 Å². The molecule has 0 spiro atoms. The van der Waals surface area contributed by atoms with Crippen LogP contribution in [0.2, 0.25) is 10.0 Å². The molecule has 8 heteroatoms. The van der Waals surface area contributed by atoms with Gasteiger partial charge in [-0.3, -0.25) is 4.79 Å². The predicted molar refractivity (Wildman–Crippen MR) is 104 cm³/mol. The van der Waals surface area contributed by atoms with Crippen LogP contribution in [0.5, 0.6) is 0 Å². The summed E-state index contributed by atoms with van der Waals surface area (Å²) in [6.07, 6.45) is 1.65. The Morgan fingerprint density at radius 1 is 1.18 bits per heavy atom. The molecule has 2 heterocycles. The van der Waals surface area contributed by atoms with Gasteiger partial charge in [0.1, 0.15) is 5.82 Å². The lowest BCUT2D eigenvalue weighted by atomic mass is 9.97. The van der Waals surface area contributed by atoms with Crippen LogP contribution in [0.25, 0.3) is 11.4 Å². The minimum Gasteiger partial charge on any atom is -0.339 e. The Morgan fingerprint density at radius 3 is 2.71 bits per heavy atom. The Bertz CT molecular complexity index is 1010. The van der Waals surface area contributed by atoms with Crippen LogP contribution in [0, 0.1) is 5.82 Å². The van der Waals surface area contributed by atoms with Crippen LogP contribution in [0.15, 0.2) is 47.0 Å². The van der Waals surface area contributed by atoms with Crippen molar-refractivity contribution in [2.75, 3.05) is 13.1 Å². The summed E-state index contributed by atoms with van der Waals surface area (Å²) in [5.74, 6) is 0.336. The monoisotopic (exact) mass is 419 g/mol. The van der Waals surface area contributed by atoms with Crippen molar-refractivity contribution >= 4 is 29.1 Å². The third-order valence-corrected chi connectivity index (χ3v) is 5.31. The van der Waals surface area contributed by atoms with Crippen LogP contribution in [-0.2, 0) is 0 Å². The molecule has 0 bridgehead atoms. The van der Waals surface area contributed by atoms with Crippen molar-refractivity contribution in [1.82, 2.24) is 15.0 Å². The molecule has 1 atom stereocenters. The molecule has 3 aromatic rings. The molecule has 1 fully saturated rings. The molecule has 1 amide bonds. The molecule has 1 aromatic heterocycles. The molecule has 0 N–H and O–H groups in total. The van der Waals surface area contributed by atoms with Gasteiger partial charge in [0.25, 0.3) is 5.91 Å². The Balaban J connectivity index is 1.51. The maximum absolute atomic E-state index is 13.1. The van der Waals surface area contributed by atoms with E-state index in [1.54, 1.807) is 35.2 Å². The van der Waals surface area contributed by atoms with Gasteiger partial charge in [0.2, 0.25) is 11.7 Å². The molecule has 0 aliphatic carbocycles. The minimum atomic E-state index is -0.324. The highest BCUT2D eigenvalue weighted by Gasteiger charge is 2.30. The van der Waals surface area contributed by atoms with Crippen molar-refractivity contribution in [3.63, 3.8) is 0 Å². The number of carbonyl (C=O) groups excluding carboxylic acids is 1. The second-order valence-electron chi connectivity index (χ2n) is 6.68. The summed E-state index contributed by atoms with van der Waals surface area (Å²) < 4.78 is 18.5. The summed E-state index contributed by atoms with van der Waals surface area (Å²) in [6, 6.07) is 10.7. The zero-order valence-electron chi connectivity index (χ0n) is 14.7. The number of likely N-dealkylation sites (tertiary alicyclic amines) is 1. The molecular weight excluding hydrogens is 404 g/mol. The van der Waals surface area contributed by atoms with E-state index in [0.29, 0.717) is 46.0 Å². The second-order valence-corrected chi connectivity index (χ2v) is 7.52. The van der Waals surface area contributed by atoms with E-state index in [-0.39, 0.29) is 17.6 Å². The first-order chi connectivity index (χ1) is 13.5. The number of hydrogen-bond acceptors (Lipinski definition) is 4. The van der Waals surface area contributed by atoms with Crippen LogP contribution >= 0.6 is 23.2 Å². The molecule has 5 nitrogen and oxygen atoms in total. The number of rotatable bonds is 3. The fraction of sp³-hybridized carbons (Fsp3) is 0.250. The number of nitrogens with zero attached hydrogens (tertiary/aromatic N) is 3. The lowest BCUT2D eigenvalue weighted by Gasteiger charge is -2.31. The highest BCUT2D eigenvalue weighted by molar-refractivity contribution is 6.36. The SMILES string of the molecule is O=C(c1ccc(Cl)cc1Cl)N1CCCC(c2nc(-c3ccc(F)cc3)no2)C1. The Kier molecular flexibility index (Phi) is 5.33. The van der Waals surface area contributed by atoms with Crippen molar-refractivity contribution in [3.05, 3.63) is 69.8 Å². The standard InChI is InChI=1S/C20H16Cl2FN3O2/c21-14-5-8-16(17(22)10-14)20(27)26-9-1-2-13(11-26)19-24-18(25-28-19)12-3-6-15(23)7-4-12/h3-8,10,13H,1-2,9,11H2. The second kappa shape index (κ2) is 7.89. The van der Waals surface area contributed by atoms with Crippen molar-refractivity contribution in [3.8, 4) is 11.4 Å². The van der Waals surface area contributed by atoms with Crippen molar-refractivity contribution in [2.24, 2.45) is 0 Å². The number of benzene rings is 2. The van der Waals surface area contributed by atoms with E-state index in [9.17, 15) is 9.18 Å². The number of piperidine rings is 1. The molecule has 4 rings (SSSR count). The number of aromatic nitrogens is 2. The number of halogens is 3. The predicted octanol–water partition coefficient (Wildman–Crippen LogP) is 5.20. The van der Waals surface area contributed by atoms with Crippen molar-refractivity contribution in [2.45, 2.75) is 18.8 Å². The average Bonchev–Trinajstić information content (AvgIpc) is 3.18. The molecule has 2 aromatic carbocycles. The van der Waals surface area contributed by atoms with Crippen LogP contribution in [0.3, 0.4) is 0 Å². The lowest BCUT2D eigenvalue weighted by molar-refractivity contribution is 0.0696. The number of carbonyl (C=O) groups is 1. The number of amides is 1. The molecule has 1 aliphatic rings. The Morgan fingerprint density at radius 2 is 1.96 bits per heavy atom. The topological polar surface area (TPSA) is 59.2 Å². The van der Waals surface area contributed by atoms with Crippen molar-refractivity contribution in [1.29, 1.82) is 0 Å². The van der Waals surface area contributed by atoms with Gasteiger partial charge >= 0.3 is 0 Å². The maximum atomic E-state index is 13.1. The van der Waals surface area contributed by atoms with E-state index in [1.807, 2.05) is 0 Å². The molecule has 0 radical (unpaired) electrons. The molecule has 144 valence electrons. The maximum Gasteiger partial charge on any atom is 0.255 e. The largest absolute Gasteiger partial charge is 0.339 e. The minimum absolute atomic E-state index is 0.0644. The number of hydrogen-bond donors (Lipinski definition) is 0. The molecule has 0 saturated carbocycles. The Hall–Kier alpha value is -2.44. The fourth-order valence-electron chi connectivity index (χ4n) is 3.31. The van der Waals surface area contributed by atoms with Crippen LogP contribution in [0.1, 0.15) is 35.0 Å². The van der Waals surface area contributed by atoms with Gasteiger partial charge in [0.15, 0.2) is 0 Å². The molecule has 28 heavy (non-hydrogen) atoms.